The molecular weight excluding hydrogens is 232 g/mol. The third-order valence-electron chi connectivity index (χ3n) is 2.21. The molecule has 0 aliphatic carbocycles. The van der Waals surface area contributed by atoms with Crippen molar-refractivity contribution in [3.63, 3.8) is 0 Å². The zero-order valence-corrected chi connectivity index (χ0v) is 12.3. The first-order valence-corrected chi connectivity index (χ1v) is 6.53. The highest BCUT2D eigenvalue weighted by atomic mass is 16.6. The Kier molecular flexibility index (Phi) is 7.25. The number of rotatable bonds is 6. The molecule has 0 aromatic rings. The minimum Gasteiger partial charge on any atom is -0.444 e. The Labute approximate surface area is 110 Å². The van der Waals surface area contributed by atoms with Crippen LogP contribution in [0.5, 0.6) is 0 Å². The van der Waals surface area contributed by atoms with E-state index in [0.29, 0.717) is 19.5 Å². The number of hydrogen-bond donors (Lipinski definition) is 2. The van der Waals surface area contributed by atoms with Gasteiger partial charge in [-0.15, -0.1) is 0 Å². The van der Waals surface area contributed by atoms with Gasteiger partial charge in [-0.3, -0.25) is 0 Å². The van der Waals surface area contributed by atoms with Crippen molar-refractivity contribution in [2.24, 2.45) is 5.73 Å². The fourth-order valence-electron chi connectivity index (χ4n) is 1.51. The van der Waals surface area contributed by atoms with E-state index in [1.807, 2.05) is 27.7 Å². The van der Waals surface area contributed by atoms with Crippen molar-refractivity contribution in [1.29, 1.82) is 0 Å². The monoisotopic (exact) mass is 260 g/mol. The Bertz CT molecular complexity index is 247. The van der Waals surface area contributed by atoms with E-state index in [1.54, 1.807) is 11.8 Å². The third kappa shape index (κ3) is 9.24. The topological polar surface area (TPSA) is 75.8 Å². The van der Waals surface area contributed by atoms with Crippen LogP contribution in [-0.2, 0) is 4.74 Å². The van der Waals surface area contributed by atoms with E-state index >= 15 is 0 Å². The highest BCUT2D eigenvalue weighted by Gasteiger charge is 2.22. The van der Waals surface area contributed by atoms with Gasteiger partial charge in [0.1, 0.15) is 5.60 Å². The Morgan fingerprint density at radius 2 is 1.94 bits per heavy atom. The number of nitrogens with two attached hydrogens (primary N) is 1. The zero-order valence-electron chi connectivity index (χ0n) is 12.3. The molecule has 0 bridgehead atoms. The molecule has 0 aliphatic rings. The summed E-state index contributed by atoms with van der Waals surface area (Å²) in [6.45, 7) is 10.1. The summed E-state index contributed by atoms with van der Waals surface area (Å²) in [6.07, 6.45) is 0.716. The Morgan fingerprint density at radius 1 is 1.39 bits per heavy atom. The molecule has 0 radical (unpaired) electrons. The molecule has 1 amide bonds. The minimum atomic E-state index is -0.503. The van der Waals surface area contributed by atoms with Crippen LogP contribution in [0.4, 0.5) is 4.79 Å². The SMILES string of the molecule is CC(N)CN(CCC[C@H](C)O)C(=O)OC(C)(C)C. The van der Waals surface area contributed by atoms with Crippen LogP contribution in [-0.4, -0.2) is 46.9 Å². The van der Waals surface area contributed by atoms with Crippen molar-refractivity contribution in [2.45, 2.75) is 65.2 Å². The van der Waals surface area contributed by atoms with E-state index in [0.717, 1.165) is 6.42 Å². The van der Waals surface area contributed by atoms with Crippen molar-refractivity contribution in [1.82, 2.24) is 4.90 Å². The summed E-state index contributed by atoms with van der Waals surface area (Å²) in [4.78, 5) is 13.6. The van der Waals surface area contributed by atoms with Crippen LogP contribution in [0.15, 0.2) is 0 Å². The minimum absolute atomic E-state index is 0.0935. The summed E-state index contributed by atoms with van der Waals surface area (Å²) in [5, 5.41) is 9.21. The van der Waals surface area contributed by atoms with E-state index in [-0.39, 0.29) is 18.2 Å². The fourth-order valence-corrected chi connectivity index (χ4v) is 1.51. The van der Waals surface area contributed by atoms with Gasteiger partial charge < -0.3 is 20.5 Å². The lowest BCUT2D eigenvalue weighted by Crippen LogP contribution is -2.43. The molecule has 0 rings (SSSR count). The van der Waals surface area contributed by atoms with Crippen LogP contribution >= 0.6 is 0 Å². The van der Waals surface area contributed by atoms with Gasteiger partial charge in [-0.1, -0.05) is 0 Å². The molecule has 0 aliphatic heterocycles. The highest BCUT2D eigenvalue weighted by molar-refractivity contribution is 5.68. The molecule has 0 spiro atoms. The molecule has 18 heavy (non-hydrogen) atoms. The van der Waals surface area contributed by atoms with Crippen LogP contribution in [0, 0.1) is 0 Å². The molecule has 1 unspecified atom stereocenters. The van der Waals surface area contributed by atoms with E-state index in [2.05, 4.69) is 0 Å². The molecule has 0 fully saturated rings. The molecule has 108 valence electrons. The molecule has 0 heterocycles. The number of hydrogen-bond acceptors (Lipinski definition) is 4. The average Bonchev–Trinajstić information content (AvgIpc) is 2.12. The number of carbonyl (C=O) groups is 1. The summed E-state index contributed by atoms with van der Waals surface area (Å²) < 4.78 is 5.33. The first-order valence-electron chi connectivity index (χ1n) is 6.53. The summed E-state index contributed by atoms with van der Waals surface area (Å²) in [5.41, 5.74) is 5.23. The van der Waals surface area contributed by atoms with Gasteiger partial charge in [-0.25, -0.2) is 4.79 Å². The van der Waals surface area contributed by atoms with Gasteiger partial charge in [0.2, 0.25) is 0 Å². The number of nitrogens with zero attached hydrogens (tertiary/aromatic N) is 1. The number of amides is 1. The molecule has 5 heteroatoms. The lowest BCUT2D eigenvalue weighted by Gasteiger charge is -2.28. The molecule has 5 nitrogen and oxygen atoms in total. The molecule has 0 saturated heterocycles. The van der Waals surface area contributed by atoms with Crippen molar-refractivity contribution in [3.05, 3.63) is 0 Å². The summed E-state index contributed by atoms with van der Waals surface area (Å²) in [5.74, 6) is 0. The fraction of sp³-hybridized carbons (Fsp3) is 0.923. The second-order valence-corrected chi connectivity index (χ2v) is 5.89. The highest BCUT2D eigenvalue weighted by Crippen LogP contribution is 2.11. The molecule has 3 N–H and O–H groups in total. The third-order valence-corrected chi connectivity index (χ3v) is 2.21. The Morgan fingerprint density at radius 3 is 2.33 bits per heavy atom. The van der Waals surface area contributed by atoms with E-state index in [1.165, 1.54) is 0 Å². The predicted molar refractivity (Wildman–Crippen MR) is 72.4 cm³/mol. The second-order valence-electron chi connectivity index (χ2n) is 5.89. The summed E-state index contributed by atoms with van der Waals surface area (Å²) >= 11 is 0. The van der Waals surface area contributed by atoms with Gasteiger partial charge in [-0.05, 0) is 47.5 Å². The summed E-state index contributed by atoms with van der Waals surface area (Å²) in [6, 6.07) is -0.0935. The van der Waals surface area contributed by atoms with Crippen molar-refractivity contribution < 1.29 is 14.6 Å². The standard InChI is InChI=1S/C13H28N2O3/c1-10(14)9-15(8-6-7-11(2)16)12(17)18-13(3,4)5/h10-11,16H,6-9,14H2,1-5H3/t10?,11-/m0/s1. The van der Waals surface area contributed by atoms with Crippen molar-refractivity contribution in [3.8, 4) is 0 Å². The Balaban J connectivity index is 4.33. The first kappa shape index (κ1) is 17.2. The van der Waals surface area contributed by atoms with Gasteiger partial charge in [0.15, 0.2) is 0 Å². The lowest BCUT2D eigenvalue weighted by atomic mass is 10.2. The van der Waals surface area contributed by atoms with Crippen LogP contribution in [0.3, 0.4) is 0 Å². The largest absolute Gasteiger partial charge is 0.444 e. The molecule has 0 saturated carbocycles. The maximum absolute atomic E-state index is 12.0. The van der Waals surface area contributed by atoms with Crippen LogP contribution in [0.1, 0.15) is 47.5 Å². The smallest absolute Gasteiger partial charge is 0.410 e. The van der Waals surface area contributed by atoms with Crippen LogP contribution in [0.2, 0.25) is 0 Å². The van der Waals surface area contributed by atoms with Crippen LogP contribution in [0.25, 0.3) is 0 Å². The molecule has 0 aromatic heterocycles. The van der Waals surface area contributed by atoms with Crippen LogP contribution < -0.4 is 5.73 Å². The van der Waals surface area contributed by atoms with Gasteiger partial charge in [0.25, 0.3) is 0 Å². The number of aliphatic hydroxyl groups excluding tert-OH is 1. The zero-order chi connectivity index (χ0) is 14.3. The second kappa shape index (κ2) is 7.59. The van der Waals surface area contributed by atoms with Crippen molar-refractivity contribution in [2.75, 3.05) is 13.1 Å². The maximum atomic E-state index is 12.0. The predicted octanol–water partition coefficient (Wildman–Crippen LogP) is 1.73. The van der Waals surface area contributed by atoms with Gasteiger partial charge in [-0.2, -0.15) is 0 Å². The van der Waals surface area contributed by atoms with E-state index in [9.17, 15) is 9.90 Å². The van der Waals surface area contributed by atoms with Gasteiger partial charge in [0.05, 0.1) is 6.10 Å². The van der Waals surface area contributed by atoms with Crippen molar-refractivity contribution >= 4 is 6.09 Å². The quantitative estimate of drug-likeness (QED) is 0.762. The van der Waals surface area contributed by atoms with E-state index < -0.39 is 5.60 Å². The lowest BCUT2D eigenvalue weighted by molar-refractivity contribution is 0.0231. The van der Waals surface area contributed by atoms with E-state index in [4.69, 9.17) is 10.5 Å². The molecule has 2 atom stereocenters. The Hall–Kier alpha value is -0.810. The first-order chi connectivity index (χ1) is 8.11. The molecular formula is C13H28N2O3. The number of carbonyl (C=O) groups excluding carboxylic acids is 1. The molecule has 0 aromatic carbocycles. The van der Waals surface area contributed by atoms with Gasteiger partial charge >= 0.3 is 6.09 Å². The number of aliphatic hydroxyl groups is 1. The number of ether oxygens (including phenoxy) is 1. The average molecular weight is 260 g/mol. The van der Waals surface area contributed by atoms with Gasteiger partial charge in [0, 0.05) is 19.1 Å². The normalized spacial score (nSPS) is 15.1. The summed E-state index contributed by atoms with van der Waals surface area (Å²) in [7, 11) is 0. The maximum Gasteiger partial charge on any atom is 0.410 e.